The Morgan fingerprint density at radius 2 is 1.93 bits per heavy atom. The Labute approximate surface area is 83.3 Å². The van der Waals surface area contributed by atoms with Crippen molar-refractivity contribution in [3.63, 3.8) is 0 Å². The zero-order chi connectivity index (χ0) is 10.6. The van der Waals surface area contributed by atoms with E-state index in [0.29, 0.717) is 17.7 Å². The largest absolute Gasteiger partial charge is 0.342 e. The molecule has 0 aliphatic heterocycles. The summed E-state index contributed by atoms with van der Waals surface area (Å²) < 4.78 is 0. The van der Waals surface area contributed by atoms with E-state index in [4.69, 9.17) is 0 Å². The number of hydrogen-bond acceptors (Lipinski definition) is 2. The second-order valence-corrected chi connectivity index (χ2v) is 3.06. The molecular formula is C11H13NO2. The van der Waals surface area contributed by atoms with Gasteiger partial charge in [-0.3, -0.25) is 9.59 Å². The van der Waals surface area contributed by atoms with Crippen LogP contribution in [0.1, 0.15) is 27.6 Å². The summed E-state index contributed by atoms with van der Waals surface area (Å²) in [6, 6.07) is 6.62. The average molecular weight is 191 g/mol. The molecule has 0 fully saturated rings. The van der Waals surface area contributed by atoms with Gasteiger partial charge in [0.1, 0.15) is 6.29 Å². The molecule has 0 bridgehead atoms. The molecule has 0 aliphatic rings. The minimum absolute atomic E-state index is 0.0232. The second kappa shape index (κ2) is 4.56. The first-order valence-electron chi connectivity index (χ1n) is 4.49. The van der Waals surface area contributed by atoms with E-state index < -0.39 is 0 Å². The van der Waals surface area contributed by atoms with Crippen molar-refractivity contribution in [2.45, 2.75) is 6.92 Å². The molecule has 1 rings (SSSR count). The molecule has 0 N–H and O–H groups in total. The Morgan fingerprint density at radius 3 is 2.36 bits per heavy atom. The van der Waals surface area contributed by atoms with Crippen LogP contribution in [-0.2, 0) is 0 Å². The number of aldehydes is 1. The predicted octanol–water partition coefficient (Wildman–Crippen LogP) is 1.59. The molecule has 3 nitrogen and oxygen atoms in total. The molecule has 0 aromatic heterocycles. The number of rotatable bonds is 3. The van der Waals surface area contributed by atoms with Crippen LogP contribution < -0.4 is 0 Å². The van der Waals surface area contributed by atoms with Gasteiger partial charge >= 0.3 is 0 Å². The maximum Gasteiger partial charge on any atom is 0.253 e. The molecule has 0 spiro atoms. The summed E-state index contributed by atoms with van der Waals surface area (Å²) in [5.41, 5.74) is 1.20. The van der Waals surface area contributed by atoms with Crippen molar-refractivity contribution in [2.75, 3.05) is 13.6 Å². The zero-order valence-electron chi connectivity index (χ0n) is 8.36. The molecule has 0 unspecified atom stereocenters. The molecule has 0 heterocycles. The highest BCUT2D eigenvalue weighted by atomic mass is 16.2. The van der Waals surface area contributed by atoms with E-state index in [1.54, 1.807) is 36.2 Å². The zero-order valence-corrected chi connectivity index (χ0v) is 8.36. The van der Waals surface area contributed by atoms with Crippen molar-refractivity contribution in [3.8, 4) is 0 Å². The molecular weight excluding hydrogens is 178 g/mol. The number of amides is 1. The van der Waals surface area contributed by atoms with Crippen molar-refractivity contribution >= 4 is 12.2 Å². The van der Waals surface area contributed by atoms with Gasteiger partial charge in [-0.25, -0.2) is 0 Å². The molecule has 0 atom stereocenters. The van der Waals surface area contributed by atoms with E-state index >= 15 is 0 Å². The molecule has 14 heavy (non-hydrogen) atoms. The normalized spacial score (nSPS) is 9.57. The third-order valence-electron chi connectivity index (χ3n) is 2.11. The lowest BCUT2D eigenvalue weighted by Gasteiger charge is -2.14. The lowest BCUT2D eigenvalue weighted by atomic mass is 10.1. The lowest BCUT2D eigenvalue weighted by molar-refractivity contribution is 0.0802. The van der Waals surface area contributed by atoms with Gasteiger partial charge in [0.25, 0.3) is 5.91 Å². The van der Waals surface area contributed by atoms with Gasteiger partial charge in [-0.2, -0.15) is 0 Å². The number of nitrogens with zero attached hydrogens (tertiary/aromatic N) is 1. The summed E-state index contributed by atoms with van der Waals surface area (Å²) in [5, 5.41) is 0. The van der Waals surface area contributed by atoms with Crippen LogP contribution in [0.15, 0.2) is 24.3 Å². The molecule has 0 saturated heterocycles. The average Bonchev–Trinajstić information content (AvgIpc) is 2.27. The molecule has 1 aromatic carbocycles. The fourth-order valence-electron chi connectivity index (χ4n) is 1.07. The van der Waals surface area contributed by atoms with Gasteiger partial charge in [-0.15, -0.1) is 0 Å². The van der Waals surface area contributed by atoms with Gasteiger partial charge in [0.2, 0.25) is 0 Å². The molecule has 3 heteroatoms. The minimum Gasteiger partial charge on any atom is -0.342 e. The first-order chi connectivity index (χ1) is 6.69. The van der Waals surface area contributed by atoms with E-state index in [9.17, 15) is 9.59 Å². The summed E-state index contributed by atoms with van der Waals surface area (Å²) in [4.78, 5) is 23.6. The van der Waals surface area contributed by atoms with Gasteiger partial charge in [0.15, 0.2) is 0 Å². The third kappa shape index (κ3) is 2.19. The van der Waals surface area contributed by atoms with Crippen LogP contribution in [0.5, 0.6) is 0 Å². The van der Waals surface area contributed by atoms with Crippen molar-refractivity contribution in [1.29, 1.82) is 0 Å². The van der Waals surface area contributed by atoms with Gasteiger partial charge in [0.05, 0.1) is 0 Å². The van der Waals surface area contributed by atoms with E-state index in [1.165, 1.54) is 0 Å². The summed E-state index contributed by atoms with van der Waals surface area (Å²) in [7, 11) is 1.75. The van der Waals surface area contributed by atoms with Crippen LogP contribution in [-0.4, -0.2) is 30.7 Å². The van der Waals surface area contributed by atoms with E-state index in [1.807, 2.05) is 6.92 Å². The summed E-state index contributed by atoms with van der Waals surface area (Å²) in [6.07, 6.45) is 0.762. The van der Waals surface area contributed by atoms with Gasteiger partial charge in [0, 0.05) is 24.7 Å². The number of carbonyl (C=O) groups excluding carboxylic acids is 2. The monoisotopic (exact) mass is 191 g/mol. The highest BCUT2D eigenvalue weighted by Gasteiger charge is 2.08. The predicted molar refractivity (Wildman–Crippen MR) is 54.5 cm³/mol. The van der Waals surface area contributed by atoms with E-state index in [2.05, 4.69) is 0 Å². The summed E-state index contributed by atoms with van der Waals surface area (Å²) >= 11 is 0. The summed E-state index contributed by atoms with van der Waals surface area (Å²) in [6.45, 7) is 2.59. The van der Waals surface area contributed by atoms with Crippen LogP contribution in [0.25, 0.3) is 0 Å². The highest BCUT2D eigenvalue weighted by Crippen LogP contribution is 2.05. The lowest BCUT2D eigenvalue weighted by Crippen LogP contribution is -2.26. The van der Waals surface area contributed by atoms with E-state index in [-0.39, 0.29) is 5.91 Å². The Kier molecular flexibility index (Phi) is 3.40. The van der Waals surface area contributed by atoms with Gasteiger partial charge in [-0.05, 0) is 19.1 Å². The quantitative estimate of drug-likeness (QED) is 0.680. The molecule has 1 amide bonds. The molecule has 1 aromatic rings. The Hall–Kier alpha value is -1.64. The Morgan fingerprint density at radius 1 is 1.36 bits per heavy atom. The molecule has 0 radical (unpaired) electrons. The smallest absolute Gasteiger partial charge is 0.253 e. The number of carbonyl (C=O) groups is 2. The van der Waals surface area contributed by atoms with Crippen LogP contribution >= 0.6 is 0 Å². The van der Waals surface area contributed by atoms with Crippen molar-refractivity contribution < 1.29 is 9.59 Å². The molecule has 0 aliphatic carbocycles. The highest BCUT2D eigenvalue weighted by molar-refractivity contribution is 5.94. The standard InChI is InChI=1S/C11H13NO2/c1-3-12(2)11(14)10-6-4-9(8-13)5-7-10/h4-8H,3H2,1-2H3. The topological polar surface area (TPSA) is 37.4 Å². The fraction of sp³-hybridized carbons (Fsp3) is 0.273. The number of benzene rings is 1. The molecule has 0 saturated carbocycles. The van der Waals surface area contributed by atoms with Crippen molar-refractivity contribution in [1.82, 2.24) is 4.90 Å². The maximum atomic E-state index is 11.6. The minimum atomic E-state index is -0.0232. The fourth-order valence-corrected chi connectivity index (χ4v) is 1.07. The second-order valence-electron chi connectivity index (χ2n) is 3.06. The van der Waals surface area contributed by atoms with Crippen molar-refractivity contribution in [2.24, 2.45) is 0 Å². The Bertz CT molecular complexity index is 330. The van der Waals surface area contributed by atoms with Gasteiger partial charge < -0.3 is 4.90 Å². The van der Waals surface area contributed by atoms with E-state index in [0.717, 1.165) is 6.29 Å². The Balaban J connectivity index is 2.86. The maximum absolute atomic E-state index is 11.6. The SMILES string of the molecule is CCN(C)C(=O)c1ccc(C=O)cc1. The first kappa shape index (κ1) is 10.4. The molecule has 74 valence electrons. The van der Waals surface area contributed by atoms with Crippen molar-refractivity contribution in [3.05, 3.63) is 35.4 Å². The van der Waals surface area contributed by atoms with Crippen LogP contribution in [0.4, 0.5) is 0 Å². The number of hydrogen-bond donors (Lipinski definition) is 0. The van der Waals surface area contributed by atoms with Gasteiger partial charge in [-0.1, -0.05) is 12.1 Å². The van der Waals surface area contributed by atoms with Crippen LogP contribution in [0.2, 0.25) is 0 Å². The van der Waals surface area contributed by atoms with Crippen LogP contribution in [0, 0.1) is 0 Å². The third-order valence-corrected chi connectivity index (χ3v) is 2.11. The summed E-state index contributed by atoms with van der Waals surface area (Å²) in [5.74, 6) is -0.0232. The first-order valence-corrected chi connectivity index (χ1v) is 4.49. The van der Waals surface area contributed by atoms with Crippen LogP contribution in [0.3, 0.4) is 0 Å².